The van der Waals surface area contributed by atoms with E-state index in [1.807, 2.05) is 0 Å². The summed E-state index contributed by atoms with van der Waals surface area (Å²) in [4.78, 5) is 10.1. The third kappa shape index (κ3) is 2.03. The van der Waals surface area contributed by atoms with Crippen LogP contribution in [0.2, 0.25) is 0 Å². The van der Waals surface area contributed by atoms with E-state index in [0.717, 1.165) is 6.92 Å². The smallest absolute Gasteiger partial charge is 0.284 e. The number of nitrogens with one attached hydrogen (secondary N) is 1. The van der Waals surface area contributed by atoms with Gasteiger partial charge in [0.15, 0.2) is 0 Å². The predicted molar refractivity (Wildman–Crippen MR) is 28.0 cm³/mol. The first-order valence-corrected chi connectivity index (χ1v) is 2.27. The maximum absolute atomic E-state index is 11.4. The van der Waals surface area contributed by atoms with Crippen molar-refractivity contribution in [2.24, 2.45) is 0 Å². The third-order valence-electron chi connectivity index (χ3n) is 0.786. The molecule has 10 heavy (non-hydrogen) atoms. The van der Waals surface area contributed by atoms with Crippen LogP contribution in [0.4, 0.5) is 13.2 Å². The molecular formula is C5H4F3NO. The molecule has 0 amide bonds. The van der Waals surface area contributed by atoms with Crippen LogP contribution in [0.15, 0.2) is 5.57 Å². The second-order valence-electron chi connectivity index (χ2n) is 1.58. The molecular weight excluding hydrogens is 147 g/mol. The van der Waals surface area contributed by atoms with Crippen LogP contribution >= 0.6 is 0 Å². The van der Waals surface area contributed by atoms with Gasteiger partial charge in [0.05, 0.1) is 5.57 Å². The second kappa shape index (κ2) is 2.66. The van der Waals surface area contributed by atoms with Crippen molar-refractivity contribution in [3.63, 3.8) is 0 Å². The van der Waals surface area contributed by atoms with Crippen molar-refractivity contribution in [3.8, 4) is 0 Å². The highest BCUT2D eigenvalue weighted by Gasteiger charge is 2.39. The molecule has 1 N–H and O–H groups in total. The van der Waals surface area contributed by atoms with Crippen LogP contribution in [-0.2, 0) is 4.79 Å². The summed E-state index contributed by atoms with van der Waals surface area (Å²) in [6, 6.07) is 0. The lowest BCUT2D eigenvalue weighted by Crippen LogP contribution is -2.23. The molecule has 0 saturated carbocycles. The van der Waals surface area contributed by atoms with Gasteiger partial charge in [0.2, 0.25) is 0 Å². The molecule has 0 atom stereocenters. The zero-order valence-corrected chi connectivity index (χ0v) is 5.04. The maximum atomic E-state index is 11.4. The number of allylic oxidation sites excluding steroid dienone is 1. The number of rotatable bonds is 1. The topological polar surface area (TPSA) is 40.9 Å². The van der Waals surface area contributed by atoms with Crippen molar-refractivity contribution in [2.75, 3.05) is 0 Å². The number of carbonyl (C=O) groups is 1. The summed E-state index contributed by atoms with van der Waals surface area (Å²) >= 11 is 0. The molecule has 0 rings (SSSR count). The Bertz CT molecular complexity index is 199. The lowest BCUT2D eigenvalue weighted by Gasteiger charge is -2.00. The van der Waals surface area contributed by atoms with Gasteiger partial charge in [-0.25, -0.2) is 0 Å². The van der Waals surface area contributed by atoms with E-state index in [9.17, 15) is 18.0 Å². The number of hydrogen-bond acceptors (Lipinski definition) is 2. The Morgan fingerprint density at radius 3 is 2.00 bits per heavy atom. The summed E-state index contributed by atoms with van der Waals surface area (Å²) < 4.78 is 34.2. The first-order chi connectivity index (χ1) is 4.39. The predicted octanol–water partition coefficient (Wildman–Crippen LogP) is 1.31. The van der Waals surface area contributed by atoms with Crippen LogP contribution in [-0.4, -0.2) is 17.8 Å². The average Bonchev–Trinajstić information content (AvgIpc) is 1.83. The van der Waals surface area contributed by atoms with E-state index in [-0.39, 0.29) is 0 Å². The molecule has 0 aliphatic heterocycles. The van der Waals surface area contributed by atoms with E-state index in [2.05, 4.69) is 0 Å². The first kappa shape index (κ1) is 8.91. The molecule has 0 fully saturated rings. The fourth-order valence-electron chi connectivity index (χ4n) is 0.269. The molecule has 56 valence electrons. The SMILES string of the molecule is CC(=C=N)C(=O)C(F)(F)F. The fraction of sp³-hybridized carbons (Fsp3) is 0.400. The van der Waals surface area contributed by atoms with Crippen molar-refractivity contribution < 1.29 is 18.0 Å². The molecule has 0 aromatic rings. The molecule has 2 nitrogen and oxygen atoms in total. The summed E-state index contributed by atoms with van der Waals surface area (Å²) in [6.07, 6.45) is -4.88. The van der Waals surface area contributed by atoms with Crippen LogP contribution in [0.3, 0.4) is 0 Å². The van der Waals surface area contributed by atoms with Crippen molar-refractivity contribution in [1.29, 1.82) is 5.41 Å². The number of ketones is 1. The van der Waals surface area contributed by atoms with E-state index in [0.29, 0.717) is 0 Å². The minimum Gasteiger partial charge on any atom is -0.284 e. The Labute approximate surface area is 54.9 Å². The van der Waals surface area contributed by atoms with Gasteiger partial charge in [0, 0.05) is 0 Å². The Morgan fingerprint density at radius 2 is 1.90 bits per heavy atom. The first-order valence-electron chi connectivity index (χ1n) is 2.27. The Kier molecular flexibility index (Phi) is 2.37. The molecule has 5 heteroatoms. The van der Waals surface area contributed by atoms with E-state index >= 15 is 0 Å². The Balaban J connectivity index is 4.55. The summed E-state index contributed by atoms with van der Waals surface area (Å²) in [5, 5.41) is 6.21. The average molecular weight is 151 g/mol. The van der Waals surface area contributed by atoms with Gasteiger partial charge in [-0.05, 0) is 12.8 Å². The highest BCUT2D eigenvalue weighted by molar-refractivity contribution is 6.05. The third-order valence-corrected chi connectivity index (χ3v) is 0.786. The van der Waals surface area contributed by atoms with Crippen molar-refractivity contribution in [2.45, 2.75) is 13.1 Å². The van der Waals surface area contributed by atoms with E-state index in [1.165, 1.54) is 5.87 Å². The summed E-state index contributed by atoms with van der Waals surface area (Å²) in [6.45, 7) is 0.892. The molecule has 0 aliphatic carbocycles. The number of alkyl halides is 3. The monoisotopic (exact) mass is 151 g/mol. The second-order valence-corrected chi connectivity index (χ2v) is 1.58. The van der Waals surface area contributed by atoms with Gasteiger partial charge in [-0.3, -0.25) is 10.2 Å². The van der Waals surface area contributed by atoms with Crippen LogP contribution in [0.25, 0.3) is 0 Å². The van der Waals surface area contributed by atoms with Crippen molar-refractivity contribution in [3.05, 3.63) is 5.57 Å². The molecule has 0 aromatic carbocycles. The zero-order valence-electron chi connectivity index (χ0n) is 5.04. The van der Waals surface area contributed by atoms with E-state index in [1.54, 1.807) is 0 Å². The van der Waals surface area contributed by atoms with Gasteiger partial charge in [-0.15, -0.1) is 0 Å². The Hall–Kier alpha value is -1.09. The Morgan fingerprint density at radius 1 is 1.50 bits per heavy atom. The van der Waals surface area contributed by atoms with Gasteiger partial charge < -0.3 is 0 Å². The molecule has 0 aromatic heterocycles. The summed E-state index contributed by atoms with van der Waals surface area (Å²) in [7, 11) is 0. The highest BCUT2D eigenvalue weighted by Crippen LogP contribution is 2.18. The maximum Gasteiger partial charge on any atom is 0.455 e. The lowest BCUT2D eigenvalue weighted by molar-refractivity contribution is -0.166. The van der Waals surface area contributed by atoms with Gasteiger partial charge in [-0.1, -0.05) is 0 Å². The number of carbonyl (C=O) groups excluding carboxylic acids is 1. The molecule has 0 bridgehead atoms. The number of halogens is 3. The van der Waals surface area contributed by atoms with Crippen LogP contribution in [0.1, 0.15) is 6.92 Å². The summed E-state index contributed by atoms with van der Waals surface area (Å²) in [5.74, 6) is -0.643. The molecule has 0 saturated heterocycles. The number of Topliss-reactive ketones (excluding diaryl/α,β-unsaturated/α-hetero) is 1. The molecule has 0 radical (unpaired) electrons. The van der Waals surface area contributed by atoms with Crippen LogP contribution in [0, 0.1) is 5.41 Å². The molecule has 0 heterocycles. The van der Waals surface area contributed by atoms with E-state index < -0.39 is 17.5 Å². The minimum absolute atomic E-state index is 0.729. The van der Waals surface area contributed by atoms with Gasteiger partial charge in [0.1, 0.15) is 0 Å². The number of hydrogen-bond donors (Lipinski definition) is 1. The van der Waals surface area contributed by atoms with Crippen molar-refractivity contribution >= 4 is 11.7 Å². The van der Waals surface area contributed by atoms with Crippen LogP contribution < -0.4 is 0 Å². The molecule has 0 aliphatic rings. The summed E-state index contributed by atoms with van der Waals surface area (Å²) in [5.41, 5.74) is -0.729. The lowest BCUT2D eigenvalue weighted by atomic mass is 10.2. The van der Waals surface area contributed by atoms with Gasteiger partial charge in [0.25, 0.3) is 5.78 Å². The normalized spacial score (nSPS) is 10.4. The zero-order chi connectivity index (χ0) is 8.36. The minimum atomic E-state index is -4.88. The standard InChI is InChI=1S/C5H4F3NO/c1-3(2-9)4(10)5(6,7)8/h9H,1H3. The molecule has 0 unspecified atom stereocenters. The largest absolute Gasteiger partial charge is 0.455 e. The van der Waals surface area contributed by atoms with Crippen molar-refractivity contribution in [1.82, 2.24) is 0 Å². The van der Waals surface area contributed by atoms with Crippen LogP contribution in [0.5, 0.6) is 0 Å². The van der Waals surface area contributed by atoms with Gasteiger partial charge in [-0.2, -0.15) is 13.2 Å². The fourth-order valence-corrected chi connectivity index (χ4v) is 0.269. The quantitative estimate of drug-likeness (QED) is 0.445. The van der Waals surface area contributed by atoms with E-state index in [4.69, 9.17) is 5.41 Å². The highest BCUT2D eigenvalue weighted by atomic mass is 19.4. The van der Waals surface area contributed by atoms with Gasteiger partial charge >= 0.3 is 6.18 Å². The molecule has 0 spiro atoms.